The smallest absolute Gasteiger partial charge is 0.332 e. The molecule has 13 heavy (non-hydrogen) atoms. The molecule has 0 heterocycles. The van der Waals surface area contributed by atoms with Gasteiger partial charge in [0.1, 0.15) is 0 Å². The van der Waals surface area contributed by atoms with Crippen molar-refractivity contribution in [2.24, 2.45) is 5.92 Å². The molecule has 1 saturated carbocycles. The molecular formula is C10H18O3. The van der Waals surface area contributed by atoms with Crippen molar-refractivity contribution in [3.8, 4) is 0 Å². The second-order valence-corrected chi connectivity index (χ2v) is 4.01. The normalized spacial score (nSPS) is 31.2. The molecule has 76 valence electrons. The van der Waals surface area contributed by atoms with Crippen LogP contribution in [0.3, 0.4) is 0 Å². The summed E-state index contributed by atoms with van der Waals surface area (Å²) in [5, 5.41) is 8.65. The van der Waals surface area contributed by atoms with Crippen LogP contribution in [-0.4, -0.2) is 23.3 Å². The molecule has 0 unspecified atom stereocenters. The maximum absolute atomic E-state index is 10.5. The van der Waals surface area contributed by atoms with Crippen molar-refractivity contribution in [1.82, 2.24) is 0 Å². The van der Waals surface area contributed by atoms with Gasteiger partial charge in [0.25, 0.3) is 0 Å². The minimum Gasteiger partial charge on any atom is -0.479 e. The summed E-state index contributed by atoms with van der Waals surface area (Å²) in [5.74, 6) is -0.182. The molecule has 3 atom stereocenters. The molecule has 0 aromatic carbocycles. The van der Waals surface area contributed by atoms with Crippen LogP contribution in [-0.2, 0) is 9.53 Å². The summed E-state index contributed by atoms with van der Waals surface area (Å²) in [6, 6.07) is 0. The van der Waals surface area contributed by atoms with Crippen molar-refractivity contribution in [3.05, 3.63) is 0 Å². The molecule has 0 aromatic rings. The first kappa shape index (κ1) is 10.5. The van der Waals surface area contributed by atoms with E-state index in [0.717, 1.165) is 19.3 Å². The molecule has 0 bridgehead atoms. The number of carbonyl (C=O) groups is 1. The summed E-state index contributed by atoms with van der Waals surface area (Å²) in [5.41, 5.74) is 0. The van der Waals surface area contributed by atoms with Gasteiger partial charge in [-0.15, -0.1) is 0 Å². The Hall–Kier alpha value is -0.570. The quantitative estimate of drug-likeness (QED) is 0.733. The van der Waals surface area contributed by atoms with Gasteiger partial charge < -0.3 is 9.84 Å². The minimum atomic E-state index is -0.863. The van der Waals surface area contributed by atoms with Gasteiger partial charge in [-0.3, -0.25) is 0 Å². The van der Waals surface area contributed by atoms with Crippen LogP contribution in [0.4, 0.5) is 0 Å². The van der Waals surface area contributed by atoms with Gasteiger partial charge in [-0.25, -0.2) is 4.79 Å². The largest absolute Gasteiger partial charge is 0.479 e. The van der Waals surface area contributed by atoms with Crippen molar-refractivity contribution in [2.75, 3.05) is 0 Å². The maximum atomic E-state index is 10.5. The standard InChI is InChI=1S/C10H18O3/c1-7-4-3-5-9(6-7)13-8(2)10(11)12/h7-9H,3-6H2,1-2H3,(H,11,12)/t7-,8-,9+/m0/s1. The van der Waals surface area contributed by atoms with Crippen molar-refractivity contribution >= 4 is 5.97 Å². The van der Waals surface area contributed by atoms with Crippen LogP contribution in [0.5, 0.6) is 0 Å². The third kappa shape index (κ3) is 3.35. The van der Waals surface area contributed by atoms with Gasteiger partial charge in [-0.05, 0) is 25.7 Å². The first-order valence-electron chi connectivity index (χ1n) is 4.98. The Balaban J connectivity index is 2.31. The molecule has 1 aliphatic rings. The van der Waals surface area contributed by atoms with Crippen molar-refractivity contribution in [1.29, 1.82) is 0 Å². The molecule has 1 rings (SSSR count). The average molecular weight is 186 g/mol. The molecule has 0 amide bonds. The molecule has 0 spiro atoms. The first-order chi connectivity index (χ1) is 6.09. The zero-order valence-electron chi connectivity index (χ0n) is 8.32. The summed E-state index contributed by atoms with van der Waals surface area (Å²) in [4.78, 5) is 10.5. The average Bonchev–Trinajstić information content (AvgIpc) is 2.04. The zero-order valence-corrected chi connectivity index (χ0v) is 8.32. The molecule has 0 radical (unpaired) electrons. The molecule has 3 heteroatoms. The lowest BCUT2D eigenvalue weighted by Gasteiger charge is -2.28. The monoisotopic (exact) mass is 186 g/mol. The highest BCUT2D eigenvalue weighted by atomic mass is 16.5. The lowest BCUT2D eigenvalue weighted by molar-refractivity contribution is -0.154. The second kappa shape index (κ2) is 4.61. The zero-order chi connectivity index (χ0) is 9.84. The summed E-state index contributed by atoms with van der Waals surface area (Å²) >= 11 is 0. The SMILES string of the molecule is C[C@H]1CCC[C@@H](O[C@@H](C)C(=O)O)C1. The third-order valence-electron chi connectivity index (χ3n) is 2.63. The van der Waals surface area contributed by atoms with Crippen molar-refractivity contribution in [2.45, 2.75) is 51.7 Å². The molecule has 0 aromatic heterocycles. The molecule has 1 N–H and O–H groups in total. The Bertz CT molecular complexity index is 179. The Morgan fingerprint density at radius 1 is 1.54 bits per heavy atom. The van der Waals surface area contributed by atoms with Crippen LogP contribution in [0.2, 0.25) is 0 Å². The molecule has 0 aliphatic heterocycles. The topological polar surface area (TPSA) is 46.5 Å². The predicted octanol–water partition coefficient (Wildman–Crippen LogP) is 2.05. The van der Waals surface area contributed by atoms with E-state index in [1.807, 2.05) is 0 Å². The van der Waals surface area contributed by atoms with Gasteiger partial charge in [-0.2, -0.15) is 0 Å². The number of rotatable bonds is 3. The van der Waals surface area contributed by atoms with Crippen LogP contribution >= 0.6 is 0 Å². The van der Waals surface area contributed by atoms with Gasteiger partial charge in [0.15, 0.2) is 6.10 Å². The summed E-state index contributed by atoms with van der Waals surface area (Å²) < 4.78 is 5.42. The number of aliphatic carboxylic acids is 1. The summed E-state index contributed by atoms with van der Waals surface area (Å²) in [7, 11) is 0. The highest BCUT2D eigenvalue weighted by Crippen LogP contribution is 2.26. The highest BCUT2D eigenvalue weighted by molar-refractivity contribution is 5.71. The first-order valence-corrected chi connectivity index (χ1v) is 4.98. The Kier molecular flexibility index (Phi) is 3.72. The Labute approximate surface area is 79.1 Å². The van der Waals surface area contributed by atoms with Crippen LogP contribution in [0.15, 0.2) is 0 Å². The van der Waals surface area contributed by atoms with Gasteiger partial charge in [0, 0.05) is 0 Å². The molecule has 1 aliphatic carbocycles. The van der Waals surface area contributed by atoms with Gasteiger partial charge in [-0.1, -0.05) is 19.8 Å². The second-order valence-electron chi connectivity index (χ2n) is 4.01. The highest BCUT2D eigenvalue weighted by Gasteiger charge is 2.23. The van der Waals surface area contributed by atoms with Crippen LogP contribution < -0.4 is 0 Å². The summed E-state index contributed by atoms with van der Waals surface area (Å²) in [6.45, 7) is 3.79. The van der Waals surface area contributed by atoms with E-state index in [1.165, 1.54) is 6.42 Å². The van der Waals surface area contributed by atoms with E-state index in [-0.39, 0.29) is 6.10 Å². The fourth-order valence-electron chi connectivity index (χ4n) is 1.85. The molecular weight excluding hydrogens is 168 g/mol. The van der Waals surface area contributed by atoms with Crippen LogP contribution in [0, 0.1) is 5.92 Å². The lowest BCUT2D eigenvalue weighted by Crippen LogP contribution is -2.29. The number of hydrogen-bond acceptors (Lipinski definition) is 2. The fourth-order valence-corrected chi connectivity index (χ4v) is 1.85. The van der Waals surface area contributed by atoms with E-state index >= 15 is 0 Å². The van der Waals surface area contributed by atoms with Crippen molar-refractivity contribution < 1.29 is 14.6 Å². The van der Waals surface area contributed by atoms with E-state index in [0.29, 0.717) is 5.92 Å². The minimum absolute atomic E-state index is 0.162. The van der Waals surface area contributed by atoms with E-state index < -0.39 is 12.1 Å². The van der Waals surface area contributed by atoms with Crippen LogP contribution in [0.1, 0.15) is 39.5 Å². The maximum Gasteiger partial charge on any atom is 0.332 e. The van der Waals surface area contributed by atoms with Crippen LogP contribution in [0.25, 0.3) is 0 Å². The van der Waals surface area contributed by atoms with Crippen molar-refractivity contribution in [3.63, 3.8) is 0 Å². The van der Waals surface area contributed by atoms with Gasteiger partial charge in [0.2, 0.25) is 0 Å². The van der Waals surface area contributed by atoms with Gasteiger partial charge >= 0.3 is 5.97 Å². The Morgan fingerprint density at radius 3 is 2.77 bits per heavy atom. The molecule has 1 fully saturated rings. The number of carboxylic acid groups (broad SMARTS) is 1. The van der Waals surface area contributed by atoms with E-state index in [4.69, 9.17) is 9.84 Å². The predicted molar refractivity (Wildman–Crippen MR) is 49.6 cm³/mol. The fraction of sp³-hybridized carbons (Fsp3) is 0.900. The van der Waals surface area contributed by atoms with E-state index in [2.05, 4.69) is 6.92 Å². The van der Waals surface area contributed by atoms with E-state index in [9.17, 15) is 4.79 Å². The molecule has 0 saturated heterocycles. The number of carboxylic acids is 1. The lowest BCUT2D eigenvalue weighted by atomic mass is 9.88. The van der Waals surface area contributed by atoms with E-state index in [1.54, 1.807) is 6.92 Å². The van der Waals surface area contributed by atoms with Gasteiger partial charge in [0.05, 0.1) is 6.10 Å². The number of ether oxygens (including phenoxy) is 1. The summed E-state index contributed by atoms with van der Waals surface area (Å²) in [6.07, 6.45) is 3.95. The Morgan fingerprint density at radius 2 is 2.23 bits per heavy atom. The third-order valence-corrected chi connectivity index (χ3v) is 2.63. The number of hydrogen-bond donors (Lipinski definition) is 1. The molecule has 3 nitrogen and oxygen atoms in total.